The van der Waals surface area contributed by atoms with Crippen LogP contribution in [0, 0.1) is 6.07 Å². The summed E-state index contributed by atoms with van der Waals surface area (Å²) < 4.78 is 4.79. The number of carbonyl (C=O) groups is 1. The molecule has 0 bridgehead atoms. The van der Waals surface area contributed by atoms with E-state index >= 15 is 0 Å². The van der Waals surface area contributed by atoms with Crippen LogP contribution in [0.5, 0.6) is 0 Å². The van der Waals surface area contributed by atoms with Gasteiger partial charge in [0.25, 0.3) is 0 Å². The van der Waals surface area contributed by atoms with Gasteiger partial charge in [-0.15, -0.1) is 0 Å². The first-order chi connectivity index (χ1) is 6.83. The SMILES string of the molecule is COCCNC(=O)Nc1cc[c]cc1. The Morgan fingerprint density at radius 1 is 1.50 bits per heavy atom. The van der Waals surface area contributed by atoms with Crippen LogP contribution in [-0.2, 0) is 4.74 Å². The molecule has 0 heterocycles. The zero-order valence-corrected chi connectivity index (χ0v) is 8.04. The van der Waals surface area contributed by atoms with Gasteiger partial charge in [-0.3, -0.25) is 0 Å². The molecule has 2 amide bonds. The molecule has 0 aliphatic rings. The van der Waals surface area contributed by atoms with Crippen molar-refractivity contribution >= 4 is 11.7 Å². The molecule has 0 fully saturated rings. The quantitative estimate of drug-likeness (QED) is 0.707. The van der Waals surface area contributed by atoms with E-state index in [-0.39, 0.29) is 6.03 Å². The van der Waals surface area contributed by atoms with Crippen molar-refractivity contribution < 1.29 is 9.53 Å². The summed E-state index contributed by atoms with van der Waals surface area (Å²) in [6.45, 7) is 1.01. The van der Waals surface area contributed by atoms with Gasteiger partial charge in [-0.25, -0.2) is 4.79 Å². The number of anilines is 1. The zero-order chi connectivity index (χ0) is 10.2. The molecule has 0 atom stereocenters. The van der Waals surface area contributed by atoms with E-state index in [4.69, 9.17) is 4.74 Å². The van der Waals surface area contributed by atoms with Crippen molar-refractivity contribution in [2.24, 2.45) is 0 Å². The summed E-state index contributed by atoms with van der Waals surface area (Å²) in [6, 6.07) is 9.67. The third-order valence-electron chi connectivity index (χ3n) is 1.57. The van der Waals surface area contributed by atoms with E-state index in [1.807, 2.05) is 0 Å². The van der Waals surface area contributed by atoms with E-state index in [2.05, 4.69) is 16.7 Å². The van der Waals surface area contributed by atoms with Crippen LogP contribution in [0.2, 0.25) is 0 Å². The largest absolute Gasteiger partial charge is 0.383 e. The first-order valence-electron chi connectivity index (χ1n) is 4.33. The number of hydrogen-bond acceptors (Lipinski definition) is 2. The maximum absolute atomic E-state index is 11.2. The molecule has 0 aliphatic heterocycles. The molecule has 0 aromatic heterocycles. The van der Waals surface area contributed by atoms with Crippen LogP contribution in [-0.4, -0.2) is 26.3 Å². The van der Waals surface area contributed by atoms with Crippen molar-refractivity contribution in [1.29, 1.82) is 0 Å². The summed E-state index contributed by atoms with van der Waals surface area (Å²) in [4.78, 5) is 11.2. The van der Waals surface area contributed by atoms with Gasteiger partial charge in [-0.1, -0.05) is 12.1 Å². The van der Waals surface area contributed by atoms with Gasteiger partial charge in [0.1, 0.15) is 0 Å². The molecule has 0 aliphatic carbocycles. The highest BCUT2D eigenvalue weighted by Gasteiger charge is 1.98. The van der Waals surface area contributed by atoms with E-state index in [0.29, 0.717) is 13.2 Å². The molecule has 4 heteroatoms. The third kappa shape index (κ3) is 3.91. The van der Waals surface area contributed by atoms with Crippen LogP contribution >= 0.6 is 0 Å². The standard InChI is InChI=1S/C10H13N2O2/c1-14-8-7-11-10(13)12-9-5-3-2-4-6-9/h3-6H,7-8H2,1H3,(H2,11,12,13). The molecule has 1 aromatic carbocycles. The van der Waals surface area contributed by atoms with Gasteiger partial charge >= 0.3 is 6.03 Å². The molecule has 1 aromatic rings. The van der Waals surface area contributed by atoms with Gasteiger partial charge in [0.05, 0.1) is 6.61 Å². The summed E-state index contributed by atoms with van der Waals surface area (Å²) in [5.41, 5.74) is 0.749. The van der Waals surface area contributed by atoms with Crippen LogP contribution in [0.25, 0.3) is 0 Å². The van der Waals surface area contributed by atoms with E-state index in [9.17, 15) is 4.79 Å². The minimum absolute atomic E-state index is 0.228. The fourth-order valence-electron chi connectivity index (χ4n) is 0.912. The first-order valence-corrected chi connectivity index (χ1v) is 4.33. The number of benzene rings is 1. The minimum atomic E-state index is -0.228. The van der Waals surface area contributed by atoms with Gasteiger partial charge in [-0.05, 0) is 18.2 Å². The second-order valence-corrected chi connectivity index (χ2v) is 2.66. The van der Waals surface area contributed by atoms with E-state index in [1.54, 1.807) is 31.4 Å². The predicted octanol–water partition coefficient (Wildman–Crippen LogP) is 1.25. The van der Waals surface area contributed by atoms with Gasteiger partial charge < -0.3 is 15.4 Å². The van der Waals surface area contributed by atoms with Gasteiger partial charge in [0.2, 0.25) is 0 Å². The number of amides is 2. The second-order valence-electron chi connectivity index (χ2n) is 2.66. The van der Waals surface area contributed by atoms with E-state index < -0.39 is 0 Å². The number of urea groups is 1. The zero-order valence-electron chi connectivity index (χ0n) is 8.04. The Balaban J connectivity index is 2.27. The Hall–Kier alpha value is -1.55. The highest BCUT2D eigenvalue weighted by molar-refractivity contribution is 5.89. The van der Waals surface area contributed by atoms with E-state index in [0.717, 1.165) is 5.69 Å². The summed E-state index contributed by atoms with van der Waals surface area (Å²) in [5.74, 6) is 0. The van der Waals surface area contributed by atoms with Gasteiger partial charge in [0, 0.05) is 19.3 Å². The van der Waals surface area contributed by atoms with Crippen LogP contribution < -0.4 is 10.6 Å². The summed E-state index contributed by atoms with van der Waals surface area (Å²) in [5, 5.41) is 5.32. The molecule has 1 rings (SSSR count). The molecule has 4 nitrogen and oxygen atoms in total. The molecule has 1 radical (unpaired) electrons. The number of rotatable bonds is 4. The molecule has 75 valence electrons. The molecule has 0 spiro atoms. The Morgan fingerprint density at radius 3 is 2.86 bits per heavy atom. The molecule has 14 heavy (non-hydrogen) atoms. The Labute approximate surface area is 83.3 Å². The van der Waals surface area contributed by atoms with E-state index in [1.165, 1.54) is 0 Å². The normalized spacial score (nSPS) is 9.50. The Morgan fingerprint density at radius 2 is 2.21 bits per heavy atom. The van der Waals surface area contributed by atoms with Crippen molar-refractivity contribution in [3.8, 4) is 0 Å². The number of ether oxygens (including phenoxy) is 1. The van der Waals surface area contributed by atoms with Crippen LogP contribution in [0.1, 0.15) is 0 Å². The van der Waals surface area contributed by atoms with Gasteiger partial charge in [0.15, 0.2) is 0 Å². The van der Waals surface area contributed by atoms with Crippen molar-refractivity contribution in [1.82, 2.24) is 5.32 Å². The summed E-state index contributed by atoms with van der Waals surface area (Å²) >= 11 is 0. The van der Waals surface area contributed by atoms with Crippen molar-refractivity contribution in [3.05, 3.63) is 30.3 Å². The number of methoxy groups -OCH3 is 1. The molecular weight excluding hydrogens is 180 g/mol. The van der Waals surface area contributed by atoms with Crippen molar-refractivity contribution in [3.63, 3.8) is 0 Å². The molecule has 0 saturated heterocycles. The first kappa shape index (κ1) is 10.5. The predicted molar refractivity (Wildman–Crippen MR) is 54.2 cm³/mol. The maximum Gasteiger partial charge on any atom is 0.319 e. The average molecular weight is 193 g/mol. The fourth-order valence-corrected chi connectivity index (χ4v) is 0.912. The highest BCUT2D eigenvalue weighted by atomic mass is 16.5. The Kier molecular flexibility index (Phi) is 4.50. The third-order valence-corrected chi connectivity index (χ3v) is 1.57. The number of carbonyl (C=O) groups excluding carboxylic acids is 1. The second kappa shape index (κ2) is 5.99. The van der Waals surface area contributed by atoms with Crippen LogP contribution in [0.4, 0.5) is 10.5 Å². The Bertz CT molecular complexity index is 275. The molecule has 2 N–H and O–H groups in total. The maximum atomic E-state index is 11.2. The topological polar surface area (TPSA) is 50.4 Å². The lowest BCUT2D eigenvalue weighted by atomic mass is 10.3. The van der Waals surface area contributed by atoms with Gasteiger partial charge in [-0.2, -0.15) is 0 Å². The fraction of sp³-hybridized carbons (Fsp3) is 0.300. The lowest BCUT2D eigenvalue weighted by Crippen LogP contribution is -2.31. The monoisotopic (exact) mass is 193 g/mol. The molecule has 0 saturated carbocycles. The van der Waals surface area contributed by atoms with Crippen molar-refractivity contribution in [2.75, 3.05) is 25.6 Å². The summed E-state index contributed by atoms with van der Waals surface area (Å²) in [7, 11) is 1.59. The number of hydrogen-bond donors (Lipinski definition) is 2. The average Bonchev–Trinajstić information content (AvgIpc) is 2.20. The highest BCUT2D eigenvalue weighted by Crippen LogP contribution is 2.03. The number of nitrogens with one attached hydrogen (secondary N) is 2. The summed E-state index contributed by atoms with van der Waals surface area (Å²) in [6.07, 6.45) is 0. The smallest absolute Gasteiger partial charge is 0.319 e. The van der Waals surface area contributed by atoms with Crippen LogP contribution in [0.15, 0.2) is 24.3 Å². The minimum Gasteiger partial charge on any atom is -0.383 e. The lowest BCUT2D eigenvalue weighted by Gasteiger charge is -2.06. The molecule has 0 unspecified atom stereocenters. The van der Waals surface area contributed by atoms with Crippen LogP contribution in [0.3, 0.4) is 0 Å². The lowest BCUT2D eigenvalue weighted by molar-refractivity contribution is 0.198. The molecular formula is C10H13N2O2. The van der Waals surface area contributed by atoms with Crippen molar-refractivity contribution in [2.45, 2.75) is 0 Å².